The number of alkyl halides is 3. The SMILES string of the molecule is CNC(=O)CN1CCCC1c1ccccc1C(F)(F)F. The van der Waals surface area contributed by atoms with Gasteiger partial charge in [0.15, 0.2) is 0 Å². The zero-order chi connectivity index (χ0) is 14.8. The number of likely N-dealkylation sites (N-methyl/N-ethyl adjacent to an activating group) is 1. The highest BCUT2D eigenvalue weighted by Gasteiger charge is 2.37. The second kappa shape index (κ2) is 5.83. The second-order valence-corrected chi connectivity index (χ2v) is 4.89. The van der Waals surface area contributed by atoms with Gasteiger partial charge in [-0.05, 0) is 31.0 Å². The molecule has 1 atom stereocenters. The highest BCUT2D eigenvalue weighted by molar-refractivity contribution is 5.77. The third kappa shape index (κ3) is 3.12. The molecule has 1 fully saturated rings. The van der Waals surface area contributed by atoms with Gasteiger partial charge in [-0.3, -0.25) is 9.69 Å². The topological polar surface area (TPSA) is 32.3 Å². The molecule has 1 aliphatic rings. The molecule has 1 amide bonds. The molecule has 1 aromatic rings. The fourth-order valence-corrected chi connectivity index (χ4v) is 2.68. The fraction of sp³-hybridized carbons (Fsp3) is 0.500. The third-order valence-corrected chi connectivity index (χ3v) is 3.61. The number of hydrogen-bond donors (Lipinski definition) is 1. The van der Waals surface area contributed by atoms with Crippen LogP contribution in [0.3, 0.4) is 0 Å². The third-order valence-electron chi connectivity index (χ3n) is 3.61. The Balaban J connectivity index is 2.28. The van der Waals surface area contributed by atoms with Crippen molar-refractivity contribution in [3.05, 3.63) is 35.4 Å². The molecule has 1 aliphatic heterocycles. The van der Waals surface area contributed by atoms with Crippen LogP contribution in [0.4, 0.5) is 13.2 Å². The highest BCUT2D eigenvalue weighted by Crippen LogP contribution is 2.39. The molecule has 0 spiro atoms. The van der Waals surface area contributed by atoms with E-state index >= 15 is 0 Å². The molecule has 1 heterocycles. The first-order chi connectivity index (χ1) is 9.43. The lowest BCUT2D eigenvalue weighted by atomic mass is 9.98. The molecule has 110 valence electrons. The van der Waals surface area contributed by atoms with Crippen molar-refractivity contribution in [2.75, 3.05) is 20.1 Å². The summed E-state index contributed by atoms with van der Waals surface area (Å²) >= 11 is 0. The van der Waals surface area contributed by atoms with Crippen LogP contribution in [0.15, 0.2) is 24.3 Å². The van der Waals surface area contributed by atoms with E-state index < -0.39 is 11.7 Å². The Labute approximate surface area is 115 Å². The number of carbonyl (C=O) groups excluding carboxylic acids is 1. The Kier molecular flexibility index (Phi) is 4.32. The Morgan fingerprint density at radius 2 is 2.10 bits per heavy atom. The number of halogens is 3. The van der Waals surface area contributed by atoms with Crippen molar-refractivity contribution in [1.82, 2.24) is 10.2 Å². The summed E-state index contributed by atoms with van der Waals surface area (Å²) in [7, 11) is 1.52. The van der Waals surface area contributed by atoms with Crippen molar-refractivity contribution >= 4 is 5.91 Å². The van der Waals surface area contributed by atoms with Crippen LogP contribution in [-0.2, 0) is 11.0 Å². The molecule has 1 N–H and O–H groups in total. The fourth-order valence-electron chi connectivity index (χ4n) is 2.68. The Morgan fingerprint density at radius 3 is 2.75 bits per heavy atom. The molecule has 1 saturated heterocycles. The smallest absolute Gasteiger partial charge is 0.358 e. The van der Waals surface area contributed by atoms with E-state index in [0.717, 1.165) is 12.5 Å². The second-order valence-electron chi connectivity index (χ2n) is 4.89. The van der Waals surface area contributed by atoms with Gasteiger partial charge in [-0.2, -0.15) is 13.2 Å². The summed E-state index contributed by atoms with van der Waals surface area (Å²) in [5.74, 6) is -0.179. The standard InChI is InChI=1S/C14H17F3N2O/c1-18-13(20)9-19-8-4-7-12(19)10-5-2-3-6-11(10)14(15,16)17/h2-3,5-6,12H,4,7-9H2,1H3,(H,18,20). The lowest BCUT2D eigenvalue weighted by Gasteiger charge is -2.26. The van der Waals surface area contributed by atoms with Crippen molar-refractivity contribution in [3.63, 3.8) is 0 Å². The maximum absolute atomic E-state index is 13.1. The zero-order valence-corrected chi connectivity index (χ0v) is 11.2. The summed E-state index contributed by atoms with van der Waals surface area (Å²) < 4.78 is 39.2. The van der Waals surface area contributed by atoms with Crippen LogP contribution in [0.25, 0.3) is 0 Å². The lowest BCUT2D eigenvalue weighted by molar-refractivity contribution is -0.138. The van der Waals surface area contributed by atoms with Gasteiger partial charge in [0.25, 0.3) is 0 Å². The van der Waals surface area contributed by atoms with Crippen molar-refractivity contribution in [3.8, 4) is 0 Å². The molecule has 0 aromatic heterocycles. The Hall–Kier alpha value is -1.56. The van der Waals surface area contributed by atoms with Crippen LogP contribution in [-0.4, -0.2) is 30.9 Å². The maximum Gasteiger partial charge on any atom is 0.416 e. The Bertz CT molecular complexity index is 488. The minimum atomic E-state index is -4.36. The average molecular weight is 286 g/mol. The van der Waals surface area contributed by atoms with E-state index in [9.17, 15) is 18.0 Å². The van der Waals surface area contributed by atoms with Crippen molar-refractivity contribution in [2.24, 2.45) is 0 Å². The van der Waals surface area contributed by atoms with Gasteiger partial charge in [0, 0.05) is 13.1 Å². The van der Waals surface area contributed by atoms with Gasteiger partial charge in [0.2, 0.25) is 5.91 Å². The minimum Gasteiger partial charge on any atom is -0.358 e. The number of rotatable bonds is 3. The number of nitrogens with zero attached hydrogens (tertiary/aromatic N) is 1. The molecule has 0 saturated carbocycles. The molecule has 1 aromatic carbocycles. The van der Waals surface area contributed by atoms with Crippen molar-refractivity contribution in [2.45, 2.75) is 25.1 Å². The summed E-state index contributed by atoms with van der Waals surface area (Å²) in [6, 6.07) is 5.28. The van der Waals surface area contributed by atoms with E-state index in [1.54, 1.807) is 6.07 Å². The first-order valence-electron chi connectivity index (χ1n) is 6.54. The number of likely N-dealkylation sites (tertiary alicyclic amines) is 1. The number of benzene rings is 1. The number of amides is 1. The summed E-state index contributed by atoms with van der Waals surface area (Å²) in [5, 5.41) is 2.51. The number of carbonyl (C=O) groups is 1. The predicted molar refractivity (Wildman–Crippen MR) is 69.1 cm³/mol. The molecular weight excluding hydrogens is 269 g/mol. The van der Waals surface area contributed by atoms with Gasteiger partial charge in [-0.25, -0.2) is 0 Å². The monoisotopic (exact) mass is 286 g/mol. The van der Waals surface area contributed by atoms with Crippen LogP contribution in [0, 0.1) is 0 Å². The van der Waals surface area contributed by atoms with E-state index in [1.807, 2.05) is 4.90 Å². The molecule has 0 aliphatic carbocycles. The normalized spacial score (nSPS) is 20.1. The highest BCUT2D eigenvalue weighted by atomic mass is 19.4. The molecule has 0 bridgehead atoms. The average Bonchev–Trinajstić information content (AvgIpc) is 2.85. The number of nitrogens with one attached hydrogen (secondary N) is 1. The molecular formula is C14H17F3N2O. The lowest BCUT2D eigenvalue weighted by Crippen LogP contribution is -2.35. The van der Waals surface area contributed by atoms with Gasteiger partial charge >= 0.3 is 6.18 Å². The van der Waals surface area contributed by atoms with Gasteiger partial charge < -0.3 is 5.32 Å². The van der Waals surface area contributed by atoms with Gasteiger partial charge in [-0.15, -0.1) is 0 Å². The Morgan fingerprint density at radius 1 is 1.40 bits per heavy atom. The minimum absolute atomic E-state index is 0.132. The van der Waals surface area contributed by atoms with Gasteiger partial charge in [-0.1, -0.05) is 18.2 Å². The summed E-state index contributed by atoms with van der Waals surface area (Å²) in [6.45, 7) is 0.775. The van der Waals surface area contributed by atoms with Crippen LogP contribution >= 0.6 is 0 Å². The van der Waals surface area contributed by atoms with Crippen LogP contribution in [0.1, 0.15) is 30.0 Å². The zero-order valence-electron chi connectivity index (χ0n) is 11.2. The molecule has 20 heavy (non-hydrogen) atoms. The molecule has 2 rings (SSSR count). The summed E-state index contributed by atoms with van der Waals surface area (Å²) in [5.41, 5.74) is -0.338. The van der Waals surface area contributed by atoms with E-state index in [1.165, 1.54) is 19.2 Å². The summed E-state index contributed by atoms with van der Waals surface area (Å²) in [6.07, 6.45) is -2.92. The van der Waals surface area contributed by atoms with Crippen LogP contribution in [0.5, 0.6) is 0 Å². The maximum atomic E-state index is 13.1. The van der Waals surface area contributed by atoms with Gasteiger partial charge in [0.1, 0.15) is 0 Å². The van der Waals surface area contributed by atoms with Gasteiger partial charge in [0.05, 0.1) is 12.1 Å². The number of hydrogen-bond acceptors (Lipinski definition) is 2. The van der Waals surface area contributed by atoms with E-state index in [4.69, 9.17) is 0 Å². The molecule has 3 nitrogen and oxygen atoms in total. The molecule has 6 heteroatoms. The molecule has 1 unspecified atom stereocenters. The molecule has 0 radical (unpaired) electrons. The van der Waals surface area contributed by atoms with E-state index in [-0.39, 0.29) is 24.1 Å². The van der Waals surface area contributed by atoms with Crippen LogP contribution < -0.4 is 5.32 Å². The van der Waals surface area contributed by atoms with Crippen molar-refractivity contribution in [1.29, 1.82) is 0 Å². The largest absolute Gasteiger partial charge is 0.416 e. The van der Waals surface area contributed by atoms with E-state index in [0.29, 0.717) is 13.0 Å². The van der Waals surface area contributed by atoms with Crippen molar-refractivity contribution < 1.29 is 18.0 Å². The summed E-state index contributed by atoms with van der Waals surface area (Å²) in [4.78, 5) is 13.3. The first-order valence-corrected chi connectivity index (χ1v) is 6.54. The predicted octanol–water partition coefficient (Wildman–Crippen LogP) is 2.59. The first kappa shape index (κ1) is 14.8. The van der Waals surface area contributed by atoms with Crippen LogP contribution in [0.2, 0.25) is 0 Å². The van der Waals surface area contributed by atoms with E-state index in [2.05, 4.69) is 5.32 Å². The quantitative estimate of drug-likeness (QED) is 0.926.